The van der Waals surface area contributed by atoms with E-state index in [-0.39, 0.29) is 34.5 Å². The molecule has 208 valence electrons. The smallest absolute Gasteiger partial charge is 0.0948 e. The Hall–Kier alpha value is -0.990. The standard InChI is InChI=1S/2C7H15NO.C6H10N2.C4H10O.3CH4/c2*1-6(2)8-4-3-7(9)5-8;1-6(2)8-4-3-7-5-8;1-4(2)3-5;;;/h2*6-7,9H,3-5H2,1-2H3;3-6H,1-2H3;4-5H,3H2,1-2H3;3*1H4/t2*7-;;;;;/m10...../s1. The summed E-state index contributed by atoms with van der Waals surface area (Å²) in [7, 11) is 0. The van der Waals surface area contributed by atoms with Gasteiger partial charge < -0.3 is 19.9 Å². The quantitative estimate of drug-likeness (QED) is 0.555. The van der Waals surface area contributed by atoms with E-state index in [9.17, 15) is 0 Å². The van der Waals surface area contributed by atoms with Gasteiger partial charge in [-0.1, -0.05) is 36.1 Å². The molecule has 7 nitrogen and oxygen atoms in total. The molecule has 1 aromatic rings. The molecule has 0 spiro atoms. The predicted octanol–water partition coefficient (Wildman–Crippen LogP) is 4.93. The monoisotopic (exact) mass is 490 g/mol. The first-order chi connectivity index (χ1) is 14.5. The number of likely N-dealkylation sites (tertiary alicyclic amines) is 2. The SMILES string of the molecule is C.C.C.CC(C)CO.CC(C)N1CC[C@@H](O)C1.CC(C)N1CC[C@H](O)C1.CC(C)n1ccnc1. The summed E-state index contributed by atoms with van der Waals surface area (Å²) in [5, 5.41) is 26.4. The van der Waals surface area contributed by atoms with Gasteiger partial charge in [-0.15, -0.1) is 0 Å². The van der Waals surface area contributed by atoms with Gasteiger partial charge in [0, 0.05) is 63.3 Å². The van der Waals surface area contributed by atoms with Crippen LogP contribution in [0.5, 0.6) is 0 Å². The fourth-order valence-corrected chi connectivity index (χ4v) is 3.05. The number of rotatable bonds is 4. The Morgan fingerprint density at radius 1 is 0.765 bits per heavy atom. The molecule has 2 saturated heterocycles. The second kappa shape index (κ2) is 22.5. The molecule has 0 bridgehead atoms. The van der Waals surface area contributed by atoms with Crippen molar-refractivity contribution in [2.75, 3.05) is 32.8 Å². The molecule has 0 amide bonds. The van der Waals surface area contributed by atoms with Gasteiger partial charge in [-0.2, -0.15) is 0 Å². The van der Waals surface area contributed by atoms with Crippen molar-refractivity contribution in [3.05, 3.63) is 18.7 Å². The lowest BCUT2D eigenvalue weighted by Crippen LogP contribution is -2.28. The largest absolute Gasteiger partial charge is 0.396 e. The van der Waals surface area contributed by atoms with Crippen molar-refractivity contribution in [2.45, 2.75) is 121 Å². The highest BCUT2D eigenvalue weighted by Crippen LogP contribution is 2.12. The number of β-amino-alcohol motifs (C(OH)–C–C–N with tert-alkyl or cyclic N) is 2. The highest BCUT2D eigenvalue weighted by Gasteiger charge is 2.22. The minimum absolute atomic E-state index is 0. The van der Waals surface area contributed by atoms with Crippen molar-refractivity contribution in [3.8, 4) is 0 Å². The number of hydrogen-bond donors (Lipinski definition) is 3. The second-order valence-electron chi connectivity index (χ2n) is 9.74. The molecule has 3 rings (SSSR count). The summed E-state index contributed by atoms with van der Waals surface area (Å²) >= 11 is 0. The first-order valence-corrected chi connectivity index (χ1v) is 11.9. The van der Waals surface area contributed by atoms with Gasteiger partial charge in [-0.3, -0.25) is 9.80 Å². The topological polar surface area (TPSA) is 85.0 Å². The summed E-state index contributed by atoms with van der Waals surface area (Å²) in [6.45, 7) is 21.0. The maximum atomic E-state index is 9.11. The Kier molecular flexibility index (Phi) is 26.6. The van der Waals surface area contributed by atoms with E-state index in [2.05, 4.69) is 60.9 Å². The zero-order valence-electron chi connectivity index (χ0n) is 21.3. The number of hydrogen-bond acceptors (Lipinski definition) is 6. The minimum Gasteiger partial charge on any atom is -0.396 e. The Morgan fingerprint density at radius 3 is 1.26 bits per heavy atom. The molecule has 0 unspecified atom stereocenters. The second-order valence-corrected chi connectivity index (χ2v) is 9.74. The van der Waals surface area contributed by atoms with Crippen molar-refractivity contribution >= 4 is 0 Å². The van der Waals surface area contributed by atoms with Gasteiger partial charge in [-0.05, 0) is 60.3 Å². The first kappa shape index (κ1) is 40.2. The normalized spacial score (nSPS) is 19.7. The lowest BCUT2D eigenvalue weighted by Gasteiger charge is -2.18. The van der Waals surface area contributed by atoms with Crippen LogP contribution in [0.3, 0.4) is 0 Å². The van der Waals surface area contributed by atoms with Crippen LogP contribution in [0.4, 0.5) is 0 Å². The van der Waals surface area contributed by atoms with Crippen molar-refractivity contribution in [1.82, 2.24) is 19.4 Å². The molecule has 2 aliphatic rings. The molecular formula is C27H62N4O3. The molecule has 0 aliphatic carbocycles. The van der Waals surface area contributed by atoms with Crippen molar-refractivity contribution in [2.24, 2.45) is 5.92 Å². The third-order valence-corrected chi connectivity index (χ3v) is 5.34. The minimum atomic E-state index is -0.0626. The van der Waals surface area contributed by atoms with Crippen molar-refractivity contribution in [3.63, 3.8) is 0 Å². The van der Waals surface area contributed by atoms with Gasteiger partial charge in [0.15, 0.2) is 0 Å². The van der Waals surface area contributed by atoms with Crippen molar-refractivity contribution < 1.29 is 15.3 Å². The third kappa shape index (κ3) is 19.3. The first-order valence-electron chi connectivity index (χ1n) is 11.9. The number of imidazole rings is 1. The van der Waals surface area contributed by atoms with Crippen LogP contribution in [0.1, 0.15) is 96.6 Å². The van der Waals surface area contributed by atoms with Crippen LogP contribution in [-0.2, 0) is 0 Å². The summed E-state index contributed by atoms with van der Waals surface area (Å²) in [5.74, 6) is 0.440. The number of nitrogens with zero attached hydrogens (tertiary/aromatic N) is 4. The Bertz CT molecular complexity index is 498. The summed E-state index contributed by atoms with van der Waals surface area (Å²) in [6.07, 6.45) is 7.37. The summed E-state index contributed by atoms with van der Waals surface area (Å²) in [6, 6.07) is 1.74. The van der Waals surface area contributed by atoms with E-state index in [4.69, 9.17) is 15.3 Å². The Morgan fingerprint density at radius 2 is 1.15 bits per heavy atom. The average Bonchev–Trinajstić information content (AvgIpc) is 3.44. The van der Waals surface area contributed by atoms with E-state index in [1.807, 2.05) is 26.4 Å². The molecule has 7 heteroatoms. The summed E-state index contributed by atoms with van der Waals surface area (Å²) in [5.41, 5.74) is 0. The van der Waals surface area contributed by atoms with Crippen LogP contribution in [0.15, 0.2) is 18.7 Å². The molecule has 3 N–H and O–H groups in total. The highest BCUT2D eigenvalue weighted by molar-refractivity contribution is 4.77. The lowest BCUT2D eigenvalue weighted by atomic mass is 10.2. The molecule has 34 heavy (non-hydrogen) atoms. The molecule has 2 fully saturated rings. The molecule has 2 aliphatic heterocycles. The van der Waals surface area contributed by atoms with E-state index in [0.717, 1.165) is 39.0 Å². The molecule has 0 aromatic carbocycles. The number of aliphatic hydroxyl groups is 3. The van der Waals surface area contributed by atoms with Gasteiger partial charge >= 0.3 is 0 Å². The van der Waals surface area contributed by atoms with Crippen LogP contribution in [0.2, 0.25) is 0 Å². The van der Waals surface area contributed by atoms with Gasteiger partial charge in [0.25, 0.3) is 0 Å². The van der Waals surface area contributed by atoms with Crippen LogP contribution >= 0.6 is 0 Å². The predicted molar refractivity (Wildman–Crippen MR) is 149 cm³/mol. The number of aromatic nitrogens is 2. The molecular weight excluding hydrogens is 428 g/mol. The maximum Gasteiger partial charge on any atom is 0.0948 e. The van der Waals surface area contributed by atoms with Gasteiger partial charge in [0.05, 0.1) is 18.5 Å². The van der Waals surface area contributed by atoms with Gasteiger partial charge in [0.2, 0.25) is 0 Å². The number of aliphatic hydroxyl groups excluding tert-OH is 3. The maximum absolute atomic E-state index is 9.11. The lowest BCUT2D eigenvalue weighted by molar-refractivity contribution is 0.166. The Balaban J connectivity index is -0.000000175. The van der Waals surface area contributed by atoms with Gasteiger partial charge in [0.1, 0.15) is 0 Å². The molecule has 0 radical (unpaired) electrons. The fourth-order valence-electron chi connectivity index (χ4n) is 3.05. The van der Waals surface area contributed by atoms with Crippen LogP contribution in [-0.4, -0.2) is 91.7 Å². The molecule has 3 heterocycles. The zero-order chi connectivity index (χ0) is 24.0. The van der Waals surface area contributed by atoms with Crippen LogP contribution < -0.4 is 0 Å². The van der Waals surface area contributed by atoms with E-state index >= 15 is 0 Å². The zero-order valence-corrected chi connectivity index (χ0v) is 21.3. The Labute approximate surface area is 213 Å². The average molecular weight is 491 g/mol. The van der Waals surface area contributed by atoms with E-state index in [0.29, 0.717) is 30.7 Å². The molecule has 2 atom stereocenters. The summed E-state index contributed by atoms with van der Waals surface area (Å²) in [4.78, 5) is 8.50. The molecule has 0 saturated carbocycles. The highest BCUT2D eigenvalue weighted by atomic mass is 16.3. The van der Waals surface area contributed by atoms with E-state index in [1.165, 1.54) is 0 Å². The third-order valence-electron chi connectivity index (χ3n) is 5.34. The molecule has 1 aromatic heterocycles. The van der Waals surface area contributed by atoms with E-state index in [1.54, 1.807) is 6.20 Å². The fraction of sp³-hybridized carbons (Fsp3) is 0.889. The van der Waals surface area contributed by atoms with Crippen LogP contribution in [0.25, 0.3) is 0 Å². The van der Waals surface area contributed by atoms with E-state index < -0.39 is 0 Å². The van der Waals surface area contributed by atoms with Crippen LogP contribution in [0, 0.1) is 5.92 Å². The summed E-state index contributed by atoms with van der Waals surface area (Å²) < 4.78 is 2.06. The van der Waals surface area contributed by atoms with Gasteiger partial charge in [-0.25, -0.2) is 4.98 Å². The van der Waals surface area contributed by atoms with Crippen molar-refractivity contribution in [1.29, 1.82) is 0 Å².